The summed E-state index contributed by atoms with van der Waals surface area (Å²) in [4.78, 5) is 46.3. The highest BCUT2D eigenvalue weighted by atomic mass is 16.6. The van der Waals surface area contributed by atoms with Crippen molar-refractivity contribution in [2.24, 2.45) is 11.7 Å². The van der Waals surface area contributed by atoms with Crippen LogP contribution in [0.5, 0.6) is 0 Å². The van der Waals surface area contributed by atoms with E-state index in [0.717, 1.165) is 0 Å². The van der Waals surface area contributed by atoms with Crippen molar-refractivity contribution in [3.63, 3.8) is 0 Å². The third kappa shape index (κ3) is 11.2. The fraction of sp³-hybridized carbons (Fsp3) is 0.733. The summed E-state index contributed by atoms with van der Waals surface area (Å²) in [5.41, 5.74) is 4.97. The van der Waals surface area contributed by atoms with Gasteiger partial charge in [-0.05, 0) is 19.4 Å². The Kier molecular flexibility index (Phi) is 11.7. The van der Waals surface area contributed by atoms with Crippen molar-refractivity contribution in [2.75, 3.05) is 33.3 Å². The highest BCUT2D eigenvalue weighted by Crippen LogP contribution is 2.03. The van der Waals surface area contributed by atoms with Crippen LogP contribution in [0.25, 0.3) is 0 Å². The van der Waals surface area contributed by atoms with Gasteiger partial charge in [-0.15, -0.1) is 0 Å². The summed E-state index contributed by atoms with van der Waals surface area (Å²) in [6.45, 7) is 4.07. The Labute approximate surface area is 152 Å². The molecule has 11 nitrogen and oxygen atoms in total. The second-order valence-corrected chi connectivity index (χ2v) is 6.20. The number of ether oxygens (including phenoxy) is 1. The van der Waals surface area contributed by atoms with Gasteiger partial charge in [-0.1, -0.05) is 13.8 Å². The number of primary amides is 1. The first-order valence-electron chi connectivity index (χ1n) is 8.25. The van der Waals surface area contributed by atoms with Crippen molar-refractivity contribution in [1.29, 1.82) is 0 Å². The van der Waals surface area contributed by atoms with Crippen LogP contribution in [0.4, 0.5) is 4.79 Å². The Morgan fingerprint density at radius 1 is 1.31 bits per heavy atom. The molecule has 11 heteroatoms. The number of hydrogen-bond acceptors (Lipinski definition) is 7. The fourth-order valence-corrected chi connectivity index (χ4v) is 1.84. The van der Waals surface area contributed by atoms with E-state index in [1.54, 1.807) is 7.05 Å². The van der Waals surface area contributed by atoms with Gasteiger partial charge < -0.3 is 21.1 Å². The molecule has 0 rings (SSSR count). The molecule has 0 aliphatic rings. The molecular weight excluding hydrogens is 346 g/mol. The second kappa shape index (κ2) is 12.9. The fourth-order valence-electron chi connectivity index (χ4n) is 1.84. The molecular formula is C15H29N5O6. The maximum atomic E-state index is 11.8. The Bertz CT molecular complexity index is 473. The molecule has 0 saturated heterocycles. The molecule has 0 radical (unpaired) electrons. The molecule has 1 atom stereocenters. The summed E-state index contributed by atoms with van der Waals surface area (Å²) in [5.74, 6) is -0.568. The number of amides is 4. The number of rotatable bonds is 13. The van der Waals surface area contributed by atoms with E-state index in [1.165, 1.54) is 4.90 Å². The van der Waals surface area contributed by atoms with Crippen LogP contribution in [0.1, 0.15) is 26.7 Å². The van der Waals surface area contributed by atoms with Crippen LogP contribution in [-0.4, -0.2) is 78.9 Å². The summed E-state index contributed by atoms with van der Waals surface area (Å²) in [6.07, 6.45) is -1.10. The van der Waals surface area contributed by atoms with Gasteiger partial charge in [0.2, 0.25) is 18.2 Å². The lowest BCUT2D eigenvalue weighted by atomic mass is 10.1. The van der Waals surface area contributed by atoms with Gasteiger partial charge in [0.05, 0.1) is 13.2 Å². The van der Waals surface area contributed by atoms with E-state index in [9.17, 15) is 24.4 Å². The number of carbonyl (C=O) groups is 4. The van der Waals surface area contributed by atoms with Crippen LogP contribution in [0, 0.1) is 5.92 Å². The summed E-state index contributed by atoms with van der Waals surface area (Å²) in [7, 11) is 1.56. The molecule has 0 aromatic carbocycles. The van der Waals surface area contributed by atoms with Gasteiger partial charge in [0.15, 0.2) is 0 Å². The summed E-state index contributed by atoms with van der Waals surface area (Å²) < 4.78 is 4.92. The molecule has 150 valence electrons. The van der Waals surface area contributed by atoms with Crippen molar-refractivity contribution in [3.05, 3.63) is 0 Å². The molecule has 26 heavy (non-hydrogen) atoms. The number of nitrogens with zero attached hydrogens (tertiary/aromatic N) is 2. The lowest BCUT2D eigenvalue weighted by Crippen LogP contribution is -2.53. The topological polar surface area (TPSA) is 154 Å². The van der Waals surface area contributed by atoms with Gasteiger partial charge in [-0.3, -0.25) is 24.5 Å². The predicted octanol–water partition coefficient (Wildman–Crippen LogP) is -1.14. The largest absolute Gasteiger partial charge is 0.448 e. The minimum Gasteiger partial charge on any atom is -0.448 e. The molecule has 0 aliphatic heterocycles. The minimum atomic E-state index is -1.09. The normalized spacial score (nSPS) is 11.8. The minimum absolute atomic E-state index is 0.0252. The van der Waals surface area contributed by atoms with E-state index in [-0.39, 0.29) is 43.6 Å². The van der Waals surface area contributed by atoms with Crippen LogP contribution in [0.15, 0.2) is 0 Å². The van der Waals surface area contributed by atoms with E-state index in [2.05, 4.69) is 10.6 Å². The van der Waals surface area contributed by atoms with Crippen molar-refractivity contribution in [2.45, 2.75) is 32.9 Å². The molecule has 0 saturated carbocycles. The molecule has 5 N–H and O–H groups in total. The molecule has 0 aliphatic carbocycles. The van der Waals surface area contributed by atoms with Crippen LogP contribution >= 0.6 is 0 Å². The van der Waals surface area contributed by atoms with Crippen molar-refractivity contribution in [3.8, 4) is 0 Å². The van der Waals surface area contributed by atoms with E-state index in [0.29, 0.717) is 18.7 Å². The maximum Gasteiger partial charge on any atom is 0.435 e. The predicted molar refractivity (Wildman–Crippen MR) is 91.7 cm³/mol. The van der Waals surface area contributed by atoms with Gasteiger partial charge in [-0.2, -0.15) is 5.06 Å². The molecule has 1 unspecified atom stereocenters. The first kappa shape index (κ1) is 23.6. The zero-order valence-corrected chi connectivity index (χ0v) is 15.4. The highest BCUT2D eigenvalue weighted by Gasteiger charge is 2.25. The average molecular weight is 375 g/mol. The van der Waals surface area contributed by atoms with E-state index >= 15 is 0 Å². The highest BCUT2D eigenvalue weighted by molar-refractivity contribution is 5.79. The van der Waals surface area contributed by atoms with Gasteiger partial charge in [-0.25, -0.2) is 4.79 Å². The number of hydrogen-bond donors (Lipinski definition) is 4. The first-order valence-corrected chi connectivity index (χ1v) is 8.25. The van der Waals surface area contributed by atoms with Crippen molar-refractivity contribution >= 4 is 24.3 Å². The second-order valence-electron chi connectivity index (χ2n) is 6.20. The number of hydroxylamine groups is 2. The SMILES string of the molecule is CC(C)CCOC(=O)N(O)C(CN(C)CC(=O)NCCC(N)=O)NC=O. The van der Waals surface area contributed by atoms with E-state index in [4.69, 9.17) is 10.5 Å². The zero-order valence-electron chi connectivity index (χ0n) is 15.4. The smallest absolute Gasteiger partial charge is 0.435 e. The van der Waals surface area contributed by atoms with E-state index in [1.807, 2.05) is 13.8 Å². The molecule has 4 amide bonds. The molecule has 0 aromatic heterocycles. The Balaban J connectivity index is 4.45. The molecule has 0 spiro atoms. The molecule has 0 heterocycles. The Hall–Kier alpha value is -2.40. The van der Waals surface area contributed by atoms with Gasteiger partial charge in [0.25, 0.3) is 0 Å². The quantitative estimate of drug-likeness (QED) is 0.137. The van der Waals surface area contributed by atoms with E-state index < -0.39 is 18.2 Å². The first-order chi connectivity index (χ1) is 12.2. The van der Waals surface area contributed by atoms with Gasteiger partial charge >= 0.3 is 6.09 Å². The average Bonchev–Trinajstić information content (AvgIpc) is 2.52. The summed E-state index contributed by atoms with van der Waals surface area (Å²) >= 11 is 0. The maximum absolute atomic E-state index is 11.8. The molecule has 0 fully saturated rings. The number of carbonyl (C=O) groups excluding carboxylic acids is 4. The van der Waals surface area contributed by atoms with Crippen LogP contribution in [0.2, 0.25) is 0 Å². The van der Waals surface area contributed by atoms with Gasteiger partial charge in [0, 0.05) is 19.5 Å². The summed E-state index contributed by atoms with van der Waals surface area (Å²) in [6, 6.07) is 0. The standard InChI is InChI=1S/C15H29N5O6/c1-11(2)5-7-26-15(24)20(25)13(18-10-21)8-19(3)9-14(23)17-6-4-12(16)22/h10-11,13,25H,4-9H2,1-3H3,(H2,16,22)(H,17,23)(H,18,21). The van der Waals surface area contributed by atoms with Crippen LogP contribution in [-0.2, 0) is 19.1 Å². The lowest BCUT2D eigenvalue weighted by Gasteiger charge is -2.28. The van der Waals surface area contributed by atoms with Gasteiger partial charge in [0.1, 0.15) is 6.17 Å². The zero-order chi connectivity index (χ0) is 20.1. The Morgan fingerprint density at radius 3 is 2.50 bits per heavy atom. The number of likely N-dealkylation sites (N-methyl/N-ethyl adjacent to an activating group) is 1. The van der Waals surface area contributed by atoms with Crippen LogP contribution in [0.3, 0.4) is 0 Å². The summed E-state index contributed by atoms with van der Waals surface area (Å²) in [5, 5.41) is 15.0. The third-order valence-corrected chi connectivity index (χ3v) is 3.26. The third-order valence-electron chi connectivity index (χ3n) is 3.26. The molecule has 0 bridgehead atoms. The van der Waals surface area contributed by atoms with Crippen molar-refractivity contribution < 1.29 is 29.1 Å². The number of nitrogens with two attached hydrogens (primary N) is 1. The monoisotopic (exact) mass is 375 g/mol. The van der Waals surface area contributed by atoms with Crippen LogP contribution < -0.4 is 16.4 Å². The Morgan fingerprint density at radius 2 is 1.96 bits per heavy atom. The van der Waals surface area contributed by atoms with Crippen molar-refractivity contribution in [1.82, 2.24) is 20.6 Å². The molecule has 0 aromatic rings. The number of nitrogens with one attached hydrogen (secondary N) is 2. The lowest BCUT2D eigenvalue weighted by molar-refractivity contribution is -0.132.